The summed E-state index contributed by atoms with van der Waals surface area (Å²) < 4.78 is 7.35. The van der Waals surface area contributed by atoms with Gasteiger partial charge in [-0.1, -0.05) is 11.6 Å². The predicted molar refractivity (Wildman–Crippen MR) is 77.8 cm³/mol. The van der Waals surface area contributed by atoms with E-state index in [0.29, 0.717) is 29.6 Å². The van der Waals surface area contributed by atoms with Crippen LogP contribution in [0.25, 0.3) is 0 Å². The molecule has 0 aliphatic rings. The molecule has 5 heteroatoms. The second-order valence-corrected chi connectivity index (χ2v) is 5.01. The smallest absolute Gasteiger partial charge is 0.352 e. The van der Waals surface area contributed by atoms with Crippen LogP contribution >= 0.6 is 11.6 Å². The maximum Gasteiger partial charge on any atom is 0.352 e. The van der Waals surface area contributed by atoms with Crippen LogP contribution in [0, 0.1) is 13.8 Å². The summed E-state index contributed by atoms with van der Waals surface area (Å²) >= 11 is 5.80. The first kappa shape index (κ1) is 14.5. The Balaban J connectivity index is 2.04. The minimum Gasteiger partial charge on any atom is -0.492 e. The lowest BCUT2D eigenvalue weighted by molar-refractivity contribution is 0.0683. The van der Waals surface area contributed by atoms with Crippen molar-refractivity contribution in [1.82, 2.24) is 4.57 Å². The van der Waals surface area contributed by atoms with Gasteiger partial charge in [-0.05, 0) is 49.7 Å². The average Bonchev–Trinajstić information content (AvgIpc) is 2.66. The Hall–Kier alpha value is -1.94. The Kier molecular flexibility index (Phi) is 4.35. The van der Waals surface area contributed by atoms with Gasteiger partial charge in [-0.15, -0.1) is 0 Å². The number of ether oxygens (including phenoxy) is 1. The van der Waals surface area contributed by atoms with Crippen molar-refractivity contribution in [3.63, 3.8) is 0 Å². The molecule has 0 radical (unpaired) electrons. The van der Waals surface area contributed by atoms with Crippen LogP contribution in [-0.2, 0) is 6.54 Å². The van der Waals surface area contributed by atoms with Crippen LogP contribution in [0.2, 0.25) is 5.02 Å². The van der Waals surface area contributed by atoms with E-state index >= 15 is 0 Å². The van der Waals surface area contributed by atoms with Crippen LogP contribution in [0.3, 0.4) is 0 Å². The molecule has 2 aromatic rings. The average molecular weight is 294 g/mol. The maximum absolute atomic E-state index is 11.3. The number of nitrogens with zero attached hydrogens (tertiary/aromatic N) is 1. The van der Waals surface area contributed by atoms with Gasteiger partial charge in [0.2, 0.25) is 0 Å². The summed E-state index contributed by atoms with van der Waals surface area (Å²) in [5.74, 6) is -0.199. The molecule has 1 heterocycles. The molecule has 106 valence electrons. The van der Waals surface area contributed by atoms with Crippen LogP contribution in [0.1, 0.15) is 21.7 Å². The summed E-state index contributed by atoms with van der Waals surface area (Å²) in [4.78, 5) is 11.3. The molecule has 0 bridgehead atoms. The van der Waals surface area contributed by atoms with Gasteiger partial charge in [0.05, 0.1) is 6.54 Å². The molecular weight excluding hydrogens is 278 g/mol. The Labute approximate surface area is 122 Å². The number of carbonyl (C=O) groups is 1. The van der Waals surface area contributed by atoms with E-state index in [2.05, 4.69) is 0 Å². The number of carboxylic acids is 1. The molecule has 0 spiro atoms. The van der Waals surface area contributed by atoms with Gasteiger partial charge in [0.25, 0.3) is 0 Å². The summed E-state index contributed by atoms with van der Waals surface area (Å²) in [6, 6.07) is 8.95. The number of halogens is 1. The van der Waals surface area contributed by atoms with Crippen LogP contribution in [-0.4, -0.2) is 22.2 Å². The normalized spacial score (nSPS) is 10.6. The fraction of sp³-hybridized carbons (Fsp3) is 0.267. The number of aryl methyl sites for hydroxylation is 2. The van der Waals surface area contributed by atoms with Crippen molar-refractivity contribution in [2.45, 2.75) is 20.4 Å². The molecule has 0 fully saturated rings. The zero-order valence-electron chi connectivity index (χ0n) is 11.4. The zero-order valence-corrected chi connectivity index (χ0v) is 12.1. The second kappa shape index (κ2) is 6.01. The molecule has 0 saturated heterocycles. The predicted octanol–water partition coefficient (Wildman–Crippen LogP) is 3.54. The van der Waals surface area contributed by atoms with Gasteiger partial charge in [0, 0.05) is 10.7 Å². The third-order valence-corrected chi connectivity index (χ3v) is 3.35. The Morgan fingerprint density at radius 3 is 2.55 bits per heavy atom. The first-order chi connectivity index (χ1) is 9.49. The van der Waals surface area contributed by atoms with Crippen LogP contribution in [0.5, 0.6) is 5.75 Å². The molecule has 1 N–H and O–H groups in total. The van der Waals surface area contributed by atoms with Gasteiger partial charge in [0.15, 0.2) is 0 Å². The SMILES string of the molecule is Cc1cc(C)n(CCOc2ccc(Cl)cc2)c1C(=O)O. The largest absolute Gasteiger partial charge is 0.492 e. The zero-order chi connectivity index (χ0) is 14.7. The molecule has 4 nitrogen and oxygen atoms in total. The first-order valence-corrected chi connectivity index (χ1v) is 6.65. The molecule has 2 rings (SSSR count). The third kappa shape index (κ3) is 3.14. The summed E-state index contributed by atoms with van der Waals surface area (Å²) in [5.41, 5.74) is 2.00. The highest BCUT2D eigenvalue weighted by Gasteiger charge is 2.15. The van der Waals surface area contributed by atoms with Crippen molar-refractivity contribution in [2.75, 3.05) is 6.61 Å². The van der Waals surface area contributed by atoms with E-state index in [1.54, 1.807) is 35.8 Å². The molecule has 0 atom stereocenters. The lowest BCUT2D eigenvalue weighted by Gasteiger charge is -2.11. The third-order valence-electron chi connectivity index (χ3n) is 3.09. The minimum atomic E-state index is -0.915. The Morgan fingerprint density at radius 2 is 1.95 bits per heavy atom. The number of hydrogen-bond donors (Lipinski definition) is 1. The van der Waals surface area contributed by atoms with Crippen molar-refractivity contribution in [3.8, 4) is 5.75 Å². The molecular formula is C15H16ClNO3. The fourth-order valence-corrected chi connectivity index (χ4v) is 2.33. The Bertz CT molecular complexity index is 617. The van der Waals surface area contributed by atoms with Crippen molar-refractivity contribution in [3.05, 3.63) is 52.3 Å². The number of carboxylic acid groups (broad SMARTS) is 1. The van der Waals surface area contributed by atoms with E-state index in [0.717, 1.165) is 11.3 Å². The second-order valence-electron chi connectivity index (χ2n) is 4.58. The number of aromatic carboxylic acids is 1. The lowest BCUT2D eigenvalue weighted by Crippen LogP contribution is -2.15. The lowest BCUT2D eigenvalue weighted by atomic mass is 10.2. The van der Waals surface area contributed by atoms with Crippen molar-refractivity contribution < 1.29 is 14.6 Å². The fourth-order valence-electron chi connectivity index (χ4n) is 2.21. The van der Waals surface area contributed by atoms with E-state index in [1.807, 2.05) is 13.0 Å². The molecule has 0 amide bonds. The van der Waals surface area contributed by atoms with Gasteiger partial charge in [0.1, 0.15) is 18.1 Å². The highest BCUT2D eigenvalue weighted by molar-refractivity contribution is 6.30. The molecule has 1 aromatic heterocycles. The number of benzene rings is 1. The molecule has 0 unspecified atom stereocenters. The summed E-state index contributed by atoms with van der Waals surface area (Å²) in [6.45, 7) is 4.58. The molecule has 0 saturated carbocycles. The van der Waals surface area contributed by atoms with Gasteiger partial charge in [-0.3, -0.25) is 0 Å². The summed E-state index contributed by atoms with van der Waals surface area (Å²) in [5, 5.41) is 9.89. The number of rotatable bonds is 5. The van der Waals surface area contributed by atoms with E-state index in [9.17, 15) is 9.90 Å². The van der Waals surface area contributed by atoms with Crippen molar-refractivity contribution >= 4 is 17.6 Å². The molecule has 0 aliphatic carbocycles. The van der Waals surface area contributed by atoms with Gasteiger partial charge in [-0.2, -0.15) is 0 Å². The van der Waals surface area contributed by atoms with E-state index < -0.39 is 5.97 Å². The van der Waals surface area contributed by atoms with E-state index in [-0.39, 0.29) is 0 Å². The van der Waals surface area contributed by atoms with E-state index in [1.165, 1.54) is 0 Å². The van der Waals surface area contributed by atoms with Crippen LogP contribution in [0.4, 0.5) is 0 Å². The topological polar surface area (TPSA) is 51.5 Å². The van der Waals surface area contributed by atoms with Crippen molar-refractivity contribution in [2.24, 2.45) is 0 Å². The maximum atomic E-state index is 11.3. The molecule has 0 aliphatic heterocycles. The van der Waals surface area contributed by atoms with Gasteiger partial charge >= 0.3 is 5.97 Å². The molecule has 1 aromatic carbocycles. The first-order valence-electron chi connectivity index (χ1n) is 6.27. The highest BCUT2D eigenvalue weighted by atomic mass is 35.5. The highest BCUT2D eigenvalue weighted by Crippen LogP contribution is 2.17. The van der Waals surface area contributed by atoms with Gasteiger partial charge in [-0.25, -0.2) is 4.79 Å². The number of hydrogen-bond acceptors (Lipinski definition) is 2. The van der Waals surface area contributed by atoms with Crippen LogP contribution < -0.4 is 4.74 Å². The quantitative estimate of drug-likeness (QED) is 0.917. The monoisotopic (exact) mass is 293 g/mol. The number of aromatic nitrogens is 1. The van der Waals surface area contributed by atoms with E-state index in [4.69, 9.17) is 16.3 Å². The van der Waals surface area contributed by atoms with Crippen LogP contribution in [0.15, 0.2) is 30.3 Å². The summed E-state index contributed by atoms with van der Waals surface area (Å²) in [7, 11) is 0. The van der Waals surface area contributed by atoms with Crippen molar-refractivity contribution in [1.29, 1.82) is 0 Å². The summed E-state index contributed by atoms with van der Waals surface area (Å²) in [6.07, 6.45) is 0. The molecule has 20 heavy (non-hydrogen) atoms. The van der Waals surface area contributed by atoms with Gasteiger partial charge < -0.3 is 14.4 Å². The Morgan fingerprint density at radius 1 is 1.30 bits per heavy atom. The minimum absolute atomic E-state index is 0.321. The standard InChI is InChI=1S/C15H16ClNO3/c1-10-9-11(2)17(14(10)15(18)19)7-8-20-13-5-3-12(16)4-6-13/h3-6,9H,7-8H2,1-2H3,(H,18,19).